The Kier molecular flexibility index (Phi) is 3.13. The minimum Gasteiger partial charge on any atom is -0.373 e. The van der Waals surface area contributed by atoms with Crippen molar-refractivity contribution >= 4 is 0 Å². The third-order valence-corrected chi connectivity index (χ3v) is 1.96. The quantitative estimate of drug-likeness (QED) is 0.593. The lowest BCUT2D eigenvalue weighted by Crippen LogP contribution is -2.28. The molecule has 2 heteroatoms. The molecule has 0 saturated carbocycles. The zero-order valence-corrected chi connectivity index (χ0v) is 8.59. The van der Waals surface area contributed by atoms with Crippen LogP contribution in [0.15, 0.2) is 0 Å². The van der Waals surface area contributed by atoms with E-state index in [-0.39, 0.29) is 5.60 Å². The van der Waals surface area contributed by atoms with E-state index in [4.69, 9.17) is 9.47 Å². The van der Waals surface area contributed by atoms with Gasteiger partial charge in [0.25, 0.3) is 0 Å². The topological polar surface area (TPSA) is 21.8 Å². The summed E-state index contributed by atoms with van der Waals surface area (Å²) in [5.41, 5.74) is 0.0140. The highest BCUT2D eigenvalue weighted by atomic mass is 16.6. The zero-order chi connectivity index (χ0) is 9.19. The van der Waals surface area contributed by atoms with Gasteiger partial charge in [0.05, 0.1) is 18.8 Å². The van der Waals surface area contributed by atoms with Crippen molar-refractivity contribution in [1.29, 1.82) is 0 Å². The van der Waals surface area contributed by atoms with E-state index in [0.29, 0.717) is 12.0 Å². The molecule has 0 radical (unpaired) electrons. The second kappa shape index (κ2) is 3.75. The van der Waals surface area contributed by atoms with Crippen LogP contribution in [0.5, 0.6) is 0 Å². The number of ether oxygens (including phenoxy) is 2. The molecule has 1 unspecified atom stereocenters. The molecule has 0 amide bonds. The van der Waals surface area contributed by atoms with Crippen LogP contribution in [0.25, 0.3) is 0 Å². The van der Waals surface area contributed by atoms with E-state index in [1.807, 2.05) is 0 Å². The van der Waals surface area contributed by atoms with Gasteiger partial charge in [-0.2, -0.15) is 0 Å². The standard InChI is InChI=1S/C10H20O2/c1-8(2)5-10(3,4)12-7-9-6-11-9/h8-9H,5-7H2,1-4H3. The molecule has 1 heterocycles. The van der Waals surface area contributed by atoms with Gasteiger partial charge in [-0.15, -0.1) is 0 Å². The van der Waals surface area contributed by atoms with E-state index in [9.17, 15) is 0 Å². The zero-order valence-electron chi connectivity index (χ0n) is 8.59. The fourth-order valence-corrected chi connectivity index (χ4v) is 1.52. The maximum atomic E-state index is 5.74. The summed E-state index contributed by atoms with van der Waals surface area (Å²) in [6.07, 6.45) is 1.50. The molecule has 0 aromatic heterocycles. The molecule has 1 fully saturated rings. The highest BCUT2D eigenvalue weighted by molar-refractivity contribution is 4.74. The summed E-state index contributed by atoms with van der Waals surface area (Å²) < 4.78 is 10.8. The maximum absolute atomic E-state index is 5.74. The van der Waals surface area contributed by atoms with Gasteiger partial charge >= 0.3 is 0 Å². The molecule has 0 aliphatic carbocycles. The lowest BCUT2D eigenvalue weighted by Gasteiger charge is -2.26. The van der Waals surface area contributed by atoms with Crippen molar-refractivity contribution in [2.75, 3.05) is 13.2 Å². The summed E-state index contributed by atoms with van der Waals surface area (Å²) in [6, 6.07) is 0. The summed E-state index contributed by atoms with van der Waals surface area (Å²) in [5.74, 6) is 0.695. The van der Waals surface area contributed by atoms with Crippen LogP contribution in [0, 0.1) is 5.92 Å². The first-order valence-corrected chi connectivity index (χ1v) is 4.75. The van der Waals surface area contributed by atoms with Gasteiger partial charge in [-0.3, -0.25) is 0 Å². The van der Waals surface area contributed by atoms with Gasteiger partial charge < -0.3 is 9.47 Å². The van der Waals surface area contributed by atoms with E-state index < -0.39 is 0 Å². The predicted octanol–water partition coefficient (Wildman–Crippen LogP) is 2.23. The van der Waals surface area contributed by atoms with Gasteiger partial charge in [0.15, 0.2) is 0 Å². The average molecular weight is 172 g/mol. The molecular formula is C10H20O2. The van der Waals surface area contributed by atoms with Crippen LogP contribution >= 0.6 is 0 Å². The largest absolute Gasteiger partial charge is 0.373 e. The fraction of sp³-hybridized carbons (Fsp3) is 1.00. The van der Waals surface area contributed by atoms with Crippen LogP contribution in [-0.2, 0) is 9.47 Å². The molecule has 1 saturated heterocycles. The molecule has 12 heavy (non-hydrogen) atoms. The molecule has 1 aliphatic rings. The molecule has 72 valence electrons. The van der Waals surface area contributed by atoms with Crippen LogP contribution in [0.1, 0.15) is 34.1 Å². The normalized spacial score (nSPS) is 23.2. The van der Waals surface area contributed by atoms with Crippen LogP contribution in [0.4, 0.5) is 0 Å². The van der Waals surface area contributed by atoms with E-state index in [0.717, 1.165) is 19.6 Å². The Bertz CT molecular complexity index is 137. The first-order valence-electron chi connectivity index (χ1n) is 4.75. The smallest absolute Gasteiger partial charge is 0.104 e. The number of rotatable bonds is 5. The molecule has 1 atom stereocenters. The van der Waals surface area contributed by atoms with Crippen LogP contribution in [0.2, 0.25) is 0 Å². The first kappa shape index (κ1) is 10.0. The molecule has 0 aromatic carbocycles. The Morgan fingerprint density at radius 2 is 2.08 bits per heavy atom. The summed E-state index contributed by atoms with van der Waals surface area (Å²) >= 11 is 0. The number of epoxide rings is 1. The van der Waals surface area contributed by atoms with Crippen molar-refractivity contribution in [2.45, 2.75) is 45.8 Å². The Morgan fingerprint density at radius 3 is 2.50 bits per heavy atom. The lowest BCUT2D eigenvalue weighted by molar-refractivity contribution is -0.0374. The van der Waals surface area contributed by atoms with Crippen molar-refractivity contribution in [1.82, 2.24) is 0 Å². The minimum absolute atomic E-state index is 0.0140. The van der Waals surface area contributed by atoms with Gasteiger partial charge in [0.2, 0.25) is 0 Å². The predicted molar refractivity (Wildman–Crippen MR) is 49.2 cm³/mol. The second-order valence-electron chi connectivity index (χ2n) is 4.62. The van der Waals surface area contributed by atoms with Gasteiger partial charge in [-0.05, 0) is 26.2 Å². The highest BCUT2D eigenvalue weighted by Crippen LogP contribution is 2.22. The van der Waals surface area contributed by atoms with Gasteiger partial charge in [0, 0.05) is 0 Å². The molecule has 0 N–H and O–H groups in total. The fourth-order valence-electron chi connectivity index (χ4n) is 1.52. The second-order valence-corrected chi connectivity index (χ2v) is 4.62. The molecule has 1 rings (SSSR count). The van der Waals surface area contributed by atoms with Crippen LogP contribution in [0.3, 0.4) is 0 Å². The number of hydrogen-bond donors (Lipinski definition) is 0. The molecule has 2 nitrogen and oxygen atoms in total. The third kappa shape index (κ3) is 4.07. The molecule has 0 aromatic rings. The summed E-state index contributed by atoms with van der Waals surface area (Å²) in [6.45, 7) is 10.4. The summed E-state index contributed by atoms with van der Waals surface area (Å²) in [7, 11) is 0. The van der Waals surface area contributed by atoms with Crippen molar-refractivity contribution in [3.63, 3.8) is 0 Å². The van der Waals surface area contributed by atoms with Crippen molar-refractivity contribution in [3.8, 4) is 0 Å². The Hall–Kier alpha value is -0.0800. The third-order valence-electron chi connectivity index (χ3n) is 1.96. The van der Waals surface area contributed by atoms with Crippen molar-refractivity contribution in [2.24, 2.45) is 5.92 Å². The van der Waals surface area contributed by atoms with Crippen LogP contribution < -0.4 is 0 Å². The molecular weight excluding hydrogens is 152 g/mol. The molecule has 0 bridgehead atoms. The lowest BCUT2D eigenvalue weighted by atomic mass is 9.96. The minimum atomic E-state index is 0.0140. The van der Waals surface area contributed by atoms with E-state index in [2.05, 4.69) is 27.7 Å². The Morgan fingerprint density at radius 1 is 1.50 bits per heavy atom. The molecule has 1 aliphatic heterocycles. The molecule has 0 spiro atoms. The maximum Gasteiger partial charge on any atom is 0.104 e. The summed E-state index contributed by atoms with van der Waals surface area (Å²) in [4.78, 5) is 0. The first-order chi connectivity index (χ1) is 5.49. The monoisotopic (exact) mass is 172 g/mol. The highest BCUT2D eigenvalue weighted by Gasteiger charge is 2.27. The summed E-state index contributed by atoms with van der Waals surface area (Å²) in [5, 5.41) is 0. The Balaban J connectivity index is 2.16. The van der Waals surface area contributed by atoms with Gasteiger partial charge in [-0.1, -0.05) is 13.8 Å². The van der Waals surface area contributed by atoms with Crippen molar-refractivity contribution in [3.05, 3.63) is 0 Å². The average Bonchev–Trinajstić information content (AvgIpc) is 2.62. The SMILES string of the molecule is CC(C)CC(C)(C)OCC1CO1. The van der Waals surface area contributed by atoms with E-state index in [1.54, 1.807) is 0 Å². The van der Waals surface area contributed by atoms with E-state index in [1.165, 1.54) is 0 Å². The van der Waals surface area contributed by atoms with Crippen LogP contribution in [-0.4, -0.2) is 24.9 Å². The van der Waals surface area contributed by atoms with E-state index >= 15 is 0 Å². The Labute approximate surface area is 75.2 Å². The van der Waals surface area contributed by atoms with Gasteiger partial charge in [-0.25, -0.2) is 0 Å². The van der Waals surface area contributed by atoms with Gasteiger partial charge in [0.1, 0.15) is 6.10 Å². The van der Waals surface area contributed by atoms with Crippen molar-refractivity contribution < 1.29 is 9.47 Å². The number of hydrogen-bond acceptors (Lipinski definition) is 2.